The van der Waals surface area contributed by atoms with Gasteiger partial charge in [0.25, 0.3) is 0 Å². The van der Waals surface area contributed by atoms with Gasteiger partial charge in [0, 0.05) is 6.54 Å². The summed E-state index contributed by atoms with van der Waals surface area (Å²) in [5.41, 5.74) is 1.02. The predicted molar refractivity (Wildman–Crippen MR) is 75.4 cm³/mol. The predicted octanol–water partition coefficient (Wildman–Crippen LogP) is 4.65. The molecule has 7 heteroatoms. The Hall–Kier alpha value is -0.270. The minimum absolute atomic E-state index is 0.393. The summed E-state index contributed by atoms with van der Waals surface area (Å²) in [6.07, 6.45) is -5.17. The molecule has 0 atom stereocenters. The first-order valence-electron chi connectivity index (χ1n) is 5.71. The summed E-state index contributed by atoms with van der Waals surface area (Å²) in [4.78, 5) is 0. The molecule has 0 fully saturated rings. The molecule has 0 unspecified atom stereocenters. The maximum Gasteiger partial charge on any atom is 0.392 e. The first-order chi connectivity index (χ1) is 8.83. The average molecular weight is 405 g/mol. The summed E-state index contributed by atoms with van der Waals surface area (Å²) in [7, 11) is 0. The molecule has 1 rings (SSSR count). The monoisotopic (exact) mass is 403 g/mol. The van der Waals surface area contributed by atoms with Crippen molar-refractivity contribution in [3.8, 4) is 5.75 Å². The van der Waals surface area contributed by atoms with Gasteiger partial charge in [-0.25, -0.2) is 0 Å². The Bertz CT molecular complexity index is 401. The van der Waals surface area contributed by atoms with Crippen LogP contribution in [0.2, 0.25) is 0 Å². The molecule has 108 valence electrons. The van der Waals surface area contributed by atoms with Crippen molar-refractivity contribution in [3.05, 3.63) is 26.6 Å². The van der Waals surface area contributed by atoms with Gasteiger partial charge in [-0.05, 0) is 56.1 Å². The number of halogens is 5. The number of ether oxygens (including phenoxy) is 1. The van der Waals surface area contributed by atoms with Crippen molar-refractivity contribution in [1.29, 1.82) is 0 Å². The van der Waals surface area contributed by atoms with Crippen LogP contribution in [0.1, 0.15) is 18.9 Å². The molecule has 0 aliphatic heterocycles. The summed E-state index contributed by atoms with van der Waals surface area (Å²) in [5, 5.41) is 3.17. The summed E-state index contributed by atoms with van der Waals surface area (Å²) < 4.78 is 42.6. The Labute approximate surface area is 127 Å². The van der Waals surface area contributed by atoms with E-state index in [1.807, 2.05) is 19.1 Å². The van der Waals surface area contributed by atoms with Crippen LogP contribution in [0.15, 0.2) is 21.1 Å². The van der Waals surface area contributed by atoms with Crippen LogP contribution < -0.4 is 10.1 Å². The number of hydrogen-bond acceptors (Lipinski definition) is 2. The minimum Gasteiger partial charge on any atom is -0.491 e. The lowest BCUT2D eigenvalue weighted by Crippen LogP contribution is -2.14. The molecule has 1 aromatic rings. The second-order valence-electron chi connectivity index (χ2n) is 3.88. The van der Waals surface area contributed by atoms with Crippen molar-refractivity contribution in [3.63, 3.8) is 0 Å². The average Bonchev–Trinajstić information content (AvgIpc) is 2.28. The zero-order valence-electron chi connectivity index (χ0n) is 10.3. The van der Waals surface area contributed by atoms with Crippen LogP contribution in [0, 0.1) is 0 Å². The highest BCUT2D eigenvalue weighted by atomic mass is 79.9. The fourth-order valence-electron chi connectivity index (χ4n) is 1.39. The van der Waals surface area contributed by atoms with Crippen molar-refractivity contribution in [2.45, 2.75) is 26.1 Å². The molecule has 0 amide bonds. The smallest absolute Gasteiger partial charge is 0.392 e. The van der Waals surface area contributed by atoms with E-state index in [1.165, 1.54) is 0 Å². The van der Waals surface area contributed by atoms with Gasteiger partial charge in [-0.2, -0.15) is 13.2 Å². The van der Waals surface area contributed by atoms with Crippen molar-refractivity contribution >= 4 is 31.9 Å². The zero-order valence-corrected chi connectivity index (χ0v) is 13.5. The van der Waals surface area contributed by atoms with E-state index >= 15 is 0 Å². The highest BCUT2D eigenvalue weighted by Gasteiger charge is 2.27. The molecule has 0 radical (unpaired) electrons. The van der Waals surface area contributed by atoms with E-state index in [0.29, 0.717) is 21.2 Å². The molecule has 2 nitrogen and oxygen atoms in total. The largest absolute Gasteiger partial charge is 0.491 e. The van der Waals surface area contributed by atoms with Crippen LogP contribution in [-0.4, -0.2) is 19.3 Å². The first-order valence-corrected chi connectivity index (χ1v) is 7.30. The van der Waals surface area contributed by atoms with Crippen molar-refractivity contribution < 1.29 is 17.9 Å². The van der Waals surface area contributed by atoms with Gasteiger partial charge in [-0.15, -0.1) is 0 Å². The molecule has 1 aromatic carbocycles. The lowest BCUT2D eigenvalue weighted by molar-refractivity contribution is -0.139. The van der Waals surface area contributed by atoms with Gasteiger partial charge in [0.1, 0.15) is 5.75 Å². The van der Waals surface area contributed by atoms with Crippen LogP contribution >= 0.6 is 31.9 Å². The fourth-order valence-corrected chi connectivity index (χ4v) is 2.90. The Morgan fingerprint density at radius 3 is 2.26 bits per heavy atom. The summed E-state index contributed by atoms with van der Waals surface area (Å²) >= 11 is 6.61. The van der Waals surface area contributed by atoms with Gasteiger partial charge in [-0.3, -0.25) is 0 Å². The Morgan fingerprint density at radius 2 is 1.79 bits per heavy atom. The number of nitrogens with one attached hydrogen (secondary N) is 1. The molecule has 0 spiro atoms. The lowest BCUT2D eigenvalue weighted by atomic mass is 10.2. The first kappa shape index (κ1) is 16.8. The van der Waals surface area contributed by atoms with Crippen LogP contribution in [0.3, 0.4) is 0 Å². The second kappa shape index (κ2) is 7.50. The van der Waals surface area contributed by atoms with Crippen LogP contribution in [0.5, 0.6) is 5.75 Å². The molecular weight excluding hydrogens is 391 g/mol. The highest BCUT2D eigenvalue weighted by Crippen LogP contribution is 2.35. The Morgan fingerprint density at radius 1 is 1.21 bits per heavy atom. The van der Waals surface area contributed by atoms with E-state index in [2.05, 4.69) is 37.2 Å². The van der Waals surface area contributed by atoms with Crippen molar-refractivity contribution in [2.24, 2.45) is 0 Å². The van der Waals surface area contributed by atoms with Gasteiger partial charge in [0.05, 0.1) is 22.0 Å². The van der Waals surface area contributed by atoms with E-state index in [1.54, 1.807) is 0 Å². The number of rotatable bonds is 6. The van der Waals surface area contributed by atoms with Crippen LogP contribution in [0.25, 0.3) is 0 Å². The van der Waals surface area contributed by atoms with Gasteiger partial charge >= 0.3 is 6.18 Å². The highest BCUT2D eigenvalue weighted by molar-refractivity contribution is 9.11. The third-order valence-electron chi connectivity index (χ3n) is 2.27. The van der Waals surface area contributed by atoms with Crippen molar-refractivity contribution in [2.75, 3.05) is 13.2 Å². The fraction of sp³-hybridized carbons (Fsp3) is 0.500. The van der Waals surface area contributed by atoms with Gasteiger partial charge in [0.2, 0.25) is 0 Å². The second-order valence-corrected chi connectivity index (χ2v) is 5.59. The summed E-state index contributed by atoms with van der Waals surface area (Å²) in [6.45, 7) is 3.14. The van der Waals surface area contributed by atoms with Crippen LogP contribution in [0.4, 0.5) is 13.2 Å². The quantitative estimate of drug-likeness (QED) is 0.744. The van der Waals surface area contributed by atoms with E-state index in [9.17, 15) is 13.2 Å². The molecule has 0 saturated heterocycles. The minimum atomic E-state index is -4.20. The van der Waals surface area contributed by atoms with Gasteiger partial charge in [-0.1, -0.05) is 6.92 Å². The van der Waals surface area contributed by atoms with Crippen molar-refractivity contribution in [1.82, 2.24) is 5.32 Å². The molecule has 19 heavy (non-hydrogen) atoms. The van der Waals surface area contributed by atoms with Gasteiger partial charge < -0.3 is 10.1 Å². The molecule has 0 bridgehead atoms. The van der Waals surface area contributed by atoms with E-state index in [0.717, 1.165) is 12.1 Å². The molecule has 0 saturated carbocycles. The molecule has 0 heterocycles. The van der Waals surface area contributed by atoms with E-state index < -0.39 is 19.2 Å². The van der Waals surface area contributed by atoms with Crippen LogP contribution in [-0.2, 0) is 6.54 Å². The normalized spacial score (nSPS) is 11.7. The Balaban J connectivity index is 2.69. The topological polar surface area (TPSA) is 21.3 Å². The summed E-state index contributed by atoms with van der Waals surface area (Å²) in [5.74, 6) is 0.393. The number of benzene rings is 1. The summed E-state index contributed by atoms with van der Waals surface area (Å²) in [6, 6.07) is 3.66. The number of hydrogen-bond donors (Lipinski definition) is 1. The maximum atomic E-state index is 12.1. The molecule has 0 aliphatic rings. The Kier molecular flexibility index (Phi) is 6.62. The van der Waals surface area contributed by atoms with E-state index in [-0.39, 0.29) is 0 Å². The maximum absolute atomic E-state index is 12.1. The third-order valence-corrected chi connectivity index (χ3v) is 3.45. The SMILES string of the molecule is CCNCc1cc(Br)c(OCCC(F)(F)F)c(Br)c1. The zero-order chi connectivity index (χ0) is 14.5. The van der Waals surface area contributed by atoms with Gasteiger partial charge in [0.15, 0.2) is 0 Å². The lowest BCUT2D eigenvalue weighted by Gasteiger charge is -2.13. The molecule has 0 aliphatic carbocycles. The standard InChI is InChI=1S/C12H14Br2F3NO/c1-2-18-7-8-5-9(13)11(10(14)6-8)19-4-3-12(15,16)17/h5-6,18H,2-4,7H2,1H3. The van der Waals surface area contributed by atoms with E-state index in [4.69, 9.17) is 4.74 Å². The third kappa shape index (κ3) is 6.14. The number of alkyl halides is 3. The molecule has 0 aromatic heterocycles. The molecule has 1 N–H and O–H groups in total. The molecular formula is C12H14Br2F3NO.